The molecule has 1 N–H and O–H groups in total. The van der Waals surface area contributed by atoms with Crippen LogP contribution in [0.1, 0.15) is 36.5 Å². The van der Waals surface area contributed by atoms with Crippen LogP contribution in [-0.4, -0.2) is 29.2 Å². The summed E-state index contributed by atoms with van der Waals surface area (Å²) in [5.41, 5.74) is 3.47. The molecule has 0 saturated carbocycles. The molecule has 0 aliphatic carbocycles. The van der Waals surface area contributed by atoms with E-state index in [1.165, 1.54) is 0 Å². The topological polar surface area (TPSA) is 68.7 Å². The van der Waals surface area contributed by atoms with Crippen LogP contribution in [0.15, 0.2) is 30.3 Å². The fourth-order valence-corrected chi connectivity index (χ4v) is 3.87. The Bertz CT molecular complexity index is 842. The Kier molecular flexibility index (Phi) is 4.52. The summed E-state index contributed by atoms with van der Waals surface area (Å²) < 4.78 is 24.4. The Morgan fingerprint density at radius 1 is 1.24 bits per heavy atom. The fourth-order valence-electron chi connectivity index (χ4n) is 2.97. The molecule has 5 nitrogen and oxygen atoms in total. The first-order valence-electron chi connectivity index (χ1n) is 8.24. The first-order valence-corrected chi connectivity index (χ1v) is 10.9. The van der Waals surface area contributed by atoms with Gasteiger partial charge in [-0.25, -0.2) is 4.98 Å². The van der Waals surface area contributed by atoms with E-state index < -0.39 is 18.8 Å². The molecule has 25 heavy (non-hydrogen) atoms. The maximum atomic E-state index is 12.6. The maximum Gasteiger partial charge on any atom is 0.205 e. The summed E-state index contributed by atoms with van der Waals surface area (Å²) >= 11 is 0. The van der Waals surface area contributed by atoms with Crippen LogP contribution in [0.4, 0.5) is 0 Å². The Balaban J connectivity index is 2.30. The van der Waals surface area contributed by atoms with Gasteiger partial charge in [-0.15, -0.1) is 0 Å². The number of hydrogen-bond donors (Lipinski definition) is 1. The molecule has 1 aromatic carbocycles. The molecule has 3 rings (SSSR count). The van der Waals surface area contributed by atoms with E-state index in [2.05, 4.69) is 0 Å². The standard InChI is InChI=1S/C19H24NO4P/c1-12-17-14(11-23-19(2,3)24-17)15(18(21)25(4,5)22)16(20-12)13-9-7-6-8-10-13/h6-10,18,21H,11H2,1-5H3. The second-order valence-corrected chi connectivity index (χ2v) is 10.6. The molecule has 2 heterocycles. The molecule has 1 unspecified atom stereocenters. The molecule has 0 bridgehead atoms. The van der Waals surface area contributed by atoms with Crippen LogP contribution in [0.25, 0.3) is 11.3 Å². The van der Waals surface area contributed by atoms with E-state index in [1.54, 1.807) is 13.3 Å². The van der Waals surface area contributed by atoms with E-state index in [-0.39, 0.29) is 6.61 Å². The molecule has 0 spiro atoms. The number of pyridine rings is 1. The van der Waals surface area contributed by atoms with Crippen LogP contribution in [-0.2, 0) is 15.9 Å². The van der Waals surface area contributed by atoms with Crippen molar-refractivity contribution in [1.82, 2.24) is 4.98 Å². The van der Waals surface area contributed by atoms with E-state index >= 15 is 0 Å². The van der Waals surface area contributed by atoms with Crippen molar-refractivity contribution in [3.8, 4) is 17.0 Å². The summed E-state index contributed by atoms with van der Waals surface area (Å²) in [5, 5.41) is 10.9. The number of ether oxygens (including phenoxy) is 2. The SMILES string of the molecule is Cc1nc(-c2ccccc2)c(C(O)P(C)(C)=O)c2c1OC(C)(C)OC2. The lowest BCUT2D eigenvalue weighted by Crippen LogP contribution is -2.36. The average molecular weight is 361 g/mol. The molecule has 1 aliphatic heterocycles. The smallest absolute Gasteiger partial charge is 0.205 e. The number of hydrogen-bond acceptors (Lipinski definition) is 5. The van der Waals surface area contributed by atoms with Crippen molar-refractivity contribution in [3.63, 3.8) is 0 Å². The second-order valence-electron chi connectivity index (χ2n) is 7.23. The van der Waals surface area contributed by atoms with Gasteiger partial charge in [-0.3, -0.25) is 0 Å². The van der Waals surface area contributed by atoms with Crippen LogP contribution in [0.3, 0.4) is 0 Å². The largest absolute Gasteiger partial charge is 0.461 e. The Labute approximate surface area is 148 Å². The molecule has 1 aliphatic rings. The van der Waals surface area contributed by atoms with Gasteiger partial charge < -0.3 is 19.1 Å². The highest BCUT2D eigenvalue weighted by Crippen LogP contribution is 2.55. The quantitative estimate of drug-likeness (QED) is 0.825. The van der Waals surface area contributed by atoms with Crippen molar-refractivity contribution in [2.24, 2.45) is 0 Å². The number of fused-ring (bicyclic) bond motifs is 1. The highest BCUT2D eigenvalue weighted by atomic mass is 31.2. The highest BCUT2D eigenvalue weighted by Gasteiger charge is 2.36. The molecular weight excluding hydrogens is 337 g/mol. The number of benzene rings is 1. The maximum absolute atomic E-state index is 12.6. The summed E-state index contributed by atoms with van der Waals surface area (Å²) in [6, 6.07) is 9.60. The average Bonchev–Trinajstić information content (AvgIpc) is 2.54. The Morgan fingerprint density at radius 2 is 1.88 bits per heavy atom. The number of nitrogens with zero attached hydrogens (tertiary/aromatic N) is 1. The van der Waals surface area contributed by atoms with Gasteiger partial charge in [0.25, 0.3) is 0 Å². The van der Waals surface area contributed by atoms with Gasteiger partial charge in [0, 0.05) is 30.5 Å². The Hall–Kier alpha value is -1.68. The fraction of sp³-hybridized carbons (Fsp3) is 0.421. The molecule has 2 aromatic rings. The summed E-state index contributed by atoms with van der Waals surface area (Å²) in [7, 11) is -2.82. The minimum absolute atomic E-state index is 0.276. The third kappa shape index (κ3) is 3.50. The predicted octanol–water partition coefficient (Wildman–Crippen LogP) is 4.32. The van der Waals surface area contributed by atoms with Gasteiger partial charge in [-0.2, -0.15) is 0 Å². The van der Waals surface area contributed by atoms with Crippen LogP contribution >= 0.6 is 7.14 Å². The van der Waals surface area contributed by atoms with Gasteiger partial charge in [0.05, 0.1) is 18.0 Å². The third-order valence-corrected chi connectivity index (χ3v) is 5.70. The van der Waals surface area contributed by atoms with Gasteiger partial charge >= 0.3 is 0 Å². The van der Waals surface area contributed by atoms with Gasteiger partial charge in [-0.1, -0.05) is 30.3 Å². The van der Waals surface area contributed by atoms with Crippen molar-refractivity contribution in [2.75, 3.05) is 13.3 Å². The summed E-state index contributed by atoms with van der Waals surface area (Å²) in [5.74, 6) is -1.28. The van der Waals surface area contributed by atoms with Crippen LogP contribution in [0.5, 0.6) is 5.75 Å². The van der Waals surface area contributed by atoms with Crippen molar-refractivity contribution in [1.29, 1.82) is 0 Å². The molecule has 6 heteroatoms. The molecule has 0 radical (unpaired) electrons. The molecular formula is C19H24NO4P. The molecule has 0 amide bonds. The normalized spacial score (nSPS) is 17.5. The van der Waals surface area contributed by atoms with Gasteiger partial charge in [0.15, 0.2) is 0 Å². The minimum Gasteiger partial charge on any atom is -0.461 e. The predicted molar refractivity (Wildman–Crippen MR) is 98.3 cm³/mol. The van der Waals surface area contributed by atoms with Crippen LogP contribution in [0.2, 0.25) is 0 Å². The molecule has 0 saturated heterocycles. The number of aliphatic hydroxyl groups is 1. The molecule has 0 fully saturated rings. The highest BCUT2D eigenvalue weighted by molar-refractivity contribution is 7.62. The van der Waals surface area contributed by atoms with Gasteiger partial charge in [-0.05, 0) is 20.3 Å². The first-order chi connectivity index (χ1) is 11.6. The molecule has 134 valence electrons. The van der Waals surface area contributed by atoms with Crippen molar-refractivity contribution < 1.29 is 19.1 Å². The zero-order chi connectivity index (χ0) is 18.4. The number of rotatable bonds is 3. The monoisotopic (exact) mass is 361 g/mol. The zero-order valence-corrected chi connectivity index (χ0v) is 16.1. The first kappa shape index (κ1) is 18.1. The van der Waals surface area contributed by atoms with Crippen molar-refractivity contribution in [3.05, 3.63) is 47.2 Å². The van der Waals surface area contributed by atoms with E-state index in [0.717, 1.165) is 16.8 Å². The molecule has 1 aromatic heterocycles. The van der Waals surface area contributed by atoms with Gasteiger partial charge in [0.2, 0.25) is 5.79 Å². The van der Waals surface area contributed by atoms with Crippen LogP contribution in [0, 0.1) is 6.92 Å². The van der Waals surface area contributed by atoms with E-state index in [1.807, 2.05) is 51.1 Å². The van der Waals surface area contributed by atoms with Crippen molar-refractivity contribution >= 4 is 7.14 Å². The number of aliphatic hydroxyl groups excluding tert-OH is 1. The summed E-state index contributed by atoms with van der Waals surface area (Å²) in [6.07, 6.45) is 0. The summed E-state index contributed by atoms with van der Waals surface area (Å²) in [4.78, 5) is 4.70. The lowest BCUT2D eigenvalue weighted by Gasteiger charge is -2.36. The Morgan fingerprint density at radius 3 is 2.48 bits per heavy atom. The van der Waals surface area contributed by atoms with E-state index in [4.69, 9.17) is 14.5 Å². The zero-order valence-electron chi connectivity index (χ0n) is 15.2. The minimum atomic E-state index is -2.82. The third-order valence-electron chi connectivity index (χ3n) is 4.27. The van der Waals surface area contributed by atoms with E-state index in [0.29, 0.717) is 17.0 Å². The molecule has 1 atom stereocenters. The number of aryl methyl sites for hydroxylation is 1. The summed E-state index contributed by atoms with van der Waals surface area (Å²) in [6.45, 7) is 8.97. The second kappa shape index (κ2) is 6.24. The van der Waals surface area contributed by atoms with Crippen molar-refractivity contribution in [2.45, 2.75) is 39.0 Å². The number of aromatic nitrogens is 1. The lowest BCUT2D eigenvalue weighted by molar-refractivity contribution is -0.181. The lowest BCUT2D eigenvalue weighted by atomic mass is 9.98. The van der Waals surface area contributed by atoms with E-state index in [9.17, 15) is 9.67 Å². The van der Waals surface area contributed by atoms with Gasteiger partial charge in [0.1, 0.15) is 18.7 Å². The van der Waals surface area contributed by atoms with Crippen LogP contribution < -0.4 is 4.74 Å².